The Labute approximate surface area is 170 Å². The smallest absolute Gasteiger partial charge is 0.267 e. The van der Waals surface area contributed by atoms with Crippen LogP contribution in [0.15, 0.2) is 47.0 Å². The number of methoxy groups -OCH3 is 1. The highest BCUT2D eigenvalue weighted by atomic mass is 35.5. The summed E-state index contributed by atoms with van der Waals surface area (Å²) in [6, 6.07) is 10.6. The number of rotatable bonds is 4. The van der Waals surface area contributed by atoms with Crippen molar-refractivity contribution in [3.8, 4) is 5.75 Å². The minimum atomic E-state index is -0.569. The summed E-state index contributed by atoms with van der Waals surface area (Å²) in [5.41, 5.74) is 0.995. The first-order valence-corrected chi connectivity index (χ1v) is 8.88. The van der Waals surface area contributed by atoms with Crippen LogP contribution in [0.2, 0.25) is 5.02 Å². The summed E-state index contributed by atoms with van der Waals surface area (Å²) in [5, 5.41) is 6.77. The molecule has 2 aromatic carbocycles. The van der Waals surface area contributed by atoms with E-state index in [2.05, 4.69) is 10.5 Å². The van der Waals surface area contributed by atoms with Crippen molar-refractivity contribution in [1.29, 1.82) is 0 Å². The van der Waals surface area contributed by atoms with Gasteiger partial charge in [-0.25, -0.2) is 4.90 Å². The molecule has 0 atom stereocenters. The van der Waals surface area contributed by atoms with E-state index in [1.807, 2.05) is 0 Å². The Balaban J connectivity index is 1.60. The third kappa shape index (κ3) is 3.23. The molecule has 29 heavy (non-hydrogen) atoms. The maximum absolute atomic E-state index is 12.7. The van der Waals surface area contributed by atoms with E-state index in [9.17, 15) is 14.4 Å². The van der Waals surface area contributed by atoms with E-state index in [0.717, 1.165) is 4.90 Å². The number of hydrogen-bond acceptors (Lipinski definition) is 6. The van der Waals surface area contributed by atoms with Gasteiger partial charge in [-0.15, -0.1) is 0 Å². The van der Waals surface area contributed by atoms with Crippen LogP contribution in [-0.2, 0) is 0 Å². The molecular formula is C20H14ClN3O5. The fraction of sp³-hybridized carbons (Fsp3) is 0.100. The van der Waals surface area contributed by atoms with Gasteiger partial charge >= 0.3 is 0 Å². The van der Waals surface area contributed by atoms with E-state index in [1.54, 1.807) is 25.1 Å². The third-order valence-electron chi connectivity index (χ3n) is 4.40. The van der Waals surface area contributed by atoms with Crippen molar-refractivity contribution in [2.24, 2.45) is 0 Å². The number of amides is 3. The second-order valence-electron chi connectivity index (χ2n) is 6.31. The lowest BCUT2D eigenvalue weighted by atomic mass is 10.1. The summed E-state index contributed by atoms with van der Waals surface area (Å²) >= 11 is 6.07. The Morgan fingerprint density at radius 3 is 2.52 bits per heavy atom. The first-order chi connectivity index (χ1) is 13.9. The first kappa shape index (κ1) is 18.7. The number of imide groups is 1. The van der Waals surface area contributed by atoms with Gasteiger partial charge in [-0.2, -0.15) is 0 Å². The lowest BCUT2D eigenvalue weighted by Crippen LogP contribution is -2.29. The maximum Gasteiger partial charge on any atom is 0.267 e. The van der Waals surface area contributed by atoms with E-state index < -0.39 is 17.7 Å². The number of ether oxygens (including phenoxy) is 1. The number of nitrogens with one attached hydrogen (secondary N) is 1. The van der Waals surface area contributed by atoms with Crippen molar-refractivity contribution < 1.29 is 23.6 Å². The molecule has 3 aromatic rings. The Bertz CT molecular complexity index is 1170. The van der Waals surface area contributed by atoms with Crippen molar-refractivity contribution in [3.05, 3.63) is 69.9 Å². The summed E-state index contributed by atoms with van der Waals surface area (Å²) in [5.74, 6) is -0.491. The Hall–Kier alpha value is -3.65. The molecule has 1 aliphatic heterocycles. The van der Waals surface area contributed by atoms with Gasteiger partial charge in [0.1, 0.15) is 11.5 Å². The van der Waals surface area contributed by atoms with Crippen LogP contribution in [0.3, 0.4) is 0 Å². The minimum Gasteiger partial charge on any atom is -0.495 e. The zero-order valence-corrected chi connectivity index (χ0v) is 16.1. The molecule has 0 saturated heterocycles. The van der Waals surface area contributed by atoms with Crippen LogP contribution < -0.4 is 15.0 Å². The monoisotopic (exact) mass is 411 g/mol. The predicted octanol–water partition coefficient (Wildman–Crippen LogP) is 3.70. The van der Waals surface area contributed by atoms with Gasteiger partial charge in [0.25, 0.3) is 17.7 Å². The average molecular weight is 412 g/mol. The quantitative estimate of drug-likeness (QED) is 0.657. The topological polar surface area (TPSA) is 102 Å². The maximum atomic E-state index is 12.7. The SMILES string of the molecule is COc1ccc(NC(=O)c2ccc3c(c2)C(=O)N(c2cc(C)on2)C3=O)cc1Cl. The van der Waals surface area contributed by atoms with E-state index in [0.29, 0.717) is 22.2 Å². The molecule has 8 nitrogen and oxygen atoms in total. The summed E-state index contributed by atoms with van der Waals surface area (Å²) in [7, 11) is 1.49. The van der Waals surface area contributed by atoms with Gasteiger partial charge in [0, 0.05) is 17.3 Å². The van der Waals surface area contributed by atoms with E-state index >= 15 is 0 Å². The van der Waals surface area contributed by atoms with E-state index in [4.69, 9.17) is 20.9 Å². The van der Waals surface area contributed by atoms with Crippen molar-refractivity contribution in [2.75, 3.05) is 17.3 Å². The minimum absolute atomic E-state index is 0.104. The molecule has 0 saturated carbocycles. The number of halogens is 1. The van der Waals surface area contributed by atoms with Crippen molar-refractivity contribution in [3.63, 3.8) is 0 Å². The summed E-state index contributed by atoms with van der Waals surface area (Å²) < 4.78 is 10.0. The molecule has 0 bridgehead atoms. The Morgan fingerprint density at radius 1 is 1.10 bits per heavy atom. The second kappa shape index (κ2) is 7.06. The number of anilines is 2. The number of benzene rings is 2. The van der Waals surface area contributed by atoms with Crippen LogP contribution in [0.25, 0.3) is 0 Å². The van der Waals surface area contributed by atoms with Crippen LogP contribution in [0.5, 0.6) is 5.75 Å². The van der Waals surface area contributed by atoms with Gasteiger partial charge in [0.15, 0.2) is 5.82 Å². The van der Waals surface area contributed by atoms with Gasteiger partial charge in [0.05, 0.1) is 23.3 Å². The fourth-order valence-corrected chi connectivity index (χ4v) is 3.25. The molecule has 0 fully saturated rings. The highest BCUT2D eigenvalue weighted by Gasteiger charge is 2.38. The van der Waals surface area contributed by atoms with Crippen molar-refractivity contribution >= 4 is 40.8 Å². The highest BCUT2D eigenvalue weighted by Crippen LogP contribution is 2.30. The molecule has 0 aliphatic carbocycles. The van der Waals surface area contributed by atoms with Gasteiger partial charge < -0.3 is 14.6 Å². The zero-order chi connectivity index (χ0) is 20.7. The zero-order valence-electron chi connectivity index (χ0n) is 15.4. The Kier molecular flexibility index (Phi) is 4.56. The molecule has 4 rings (SSSR count). The lowest BCUT2D eigenvalue weighted by molar-refractivity contribution is 0.0923. The number of fused-ring (bicyclic) bond motifs is 1. The van der Waals surface area contributed by atoms with Crippen LogP contribution >= 0.6 is 11.6 Å². The van der Waals surface area contributed by atoms with Gasteiger partial charge in [-0.05, 0) is 43.3 Å². The number of aromatic nitrogens is 1. The summed E-state index contributed by atoms with van der Waals surface area (Å²) in [6.07, 6.45) is 0. The fourth-order valence-electron chi connectivity index (χ4n) is 3.00. The molecule has 0 spiro atoms. The van der Waals surface area contributed by atoms with Crippen LogP contribution in [-0.4, -0.2) is 30.0 Å². The van der Waals surface area contributed by atoms with E-state index in [-0.39, 0.29) is 22.5 Å². The van der Waals surface area contributed by atoms with Crippen molar-refractivity contribution in [1.82, 2.24) is 5.16 Å². The molecule has 9 heteroatoms. The predicted molar refractivity (Wildman–Crippen MR) is 105 cm³/mol. The summed E-state index contributed by atoms with van der Waals surface area (Å²) in [4.78, 5) is 38.8. The number of hydrogen-bond donors (Lipinski definition) is 1. The molecule has 146 valence electrons. The Morgan fingerprint density at radius 2 is 1.86 bits per heavy atom. The standard InChI is InChI=1S/C20H14ClN3O5/c1-10-7-17(23-29-10)24-19(26)13-5-3-11(8-14(13)20(24)27)18(25)22-12-4-6-16(28-2)15(21)9-12/h3-9H,1-2H3,(H,22,25). The molecule has 1 aromatic heterocycles. The largest absolute Gasteiger partial charge is 0.495 e. The van der Waals surface area contributed by atoms with Crippen LogP contribution in [0, 0.1) is 6.92 Å². The number of aryl methyl sites for hydroxylation is 1. The number of carbonyl (C=O) groups is 3. The van der Waals surface area contributed by atoms with Crippen LogP contribution in [0.1, 0.15) is 36.8 Å². The highest BCUT2D eigenvalue weighted by molar-refractivity contribution is 6.34. The van der Waals surface area contributed by atoms with Gasteiger partial charge in [0.2, 0.25) is 0 Å². The van der Waals surface area contributed by atoms with Gasteiger partial charge in [-0.1, -0.05) is 16.8 Å². The molecule has 0 unspecified atom stereocenters. The molecule has 1 aliphatic rings. The molecular weight excluding hydrogens is 398 g/mol. The molecule has 3 amide bonds. The first-order valence-electron chi connectivity index (χ1n) is 8.50. The average Bonchev–Trinajstić information content (AvgIpc) is 3.23. The molecule has 2 heterocycles. The van der Waals surface area contributed by atoms with Crippen molar-refractivity contribution in [2.45, 2.75) is 6.92 Å². The second-order valence-corrected chi connectivity index (χ2v) is 6.71. The lowest BCUT2D eigenvalue weighted by Gasteiger charge is -2.08. The van der Waals surface area contributed by atoms with Gasteiger partial charge in [-0.3, -0.25) is 14.4 Å². The normalized spacial score (nSPS) is 12.9. The van der Waals surface area contributed by atoms with Crippen LogP contribution in [0.4, 0.5) is 11.5 Å². The number of carbonyl (C=O) groups excluding carboxylic acids is 3. The molecule has 0 radical (unpaired) electrons. The number of nitrogens with zero attached hydrogens (tertiary/aromatic N) is 2. The molecule has 1 N–H and O–H groups in total. The van der Waals surface area contributed by atoms with E-state index in [1.165, 1.54) is 31.4 Å². The third-order valence-corrected chi connectivity index (χ3v) is 4.70. The summed E-state index contributed by atoms with van der Waals surface area (Å²) in [6.45, 7) is 1.66.